The Bertz CT molecular complexity index is 514. The molecule has 2 heterocycles. The molecule has 2 rings (SSSR count). The molecule has 0 aliphatic carbocycles. The summed E-state index contributed by atoms with van der Waals surface area (Å²) in [7, 11) is 0. The van der Waals surface area contributed by atoms with E-state index in [1.165, 1.54) is 17.3 Å². The van der Waals surface area contributed by atoms with Gasteiger partial charge >= 0.3 is 0 Å². The van der Waals surface area contributed by atoms with Gasteiger partial charge in [-0.05, 0) is 12.7 Å². The highest BCUT2D eigenvalue weighted by Crippen LogP contribution is 2.10. The first-order valence-corrected chi connectivity index (χ1v) is 7.24. The Morgan fingerprint density at radius 2 is 2.26 bits per heavy atom. The quantitative estimate of drug-likeness (QED) is 0.791. The maximum atomic E-state index is 5.69. The zero-order chi connectivity index (χ0) is 13.7. The minimum atomic E-state index is 0.155. The lowest BCUT2D eigenvalue weighted by Crippen LogP contribution is -2.23. The van der Waals surface area contributed by atoms with Gasteiger partial charge in [0.25, 0.3) is 5.95 Å². The molecule has 8 nitrogen and oxygen atoms in total. The van der Waals surface area contributed by atoms with Crippen molar-refractivity contribution in [3.8, 4) is 5.95 Å². The van der Waals surface area contributed by atoms with Crippen LogP contribution in [0.1, 0.15) is 13.3 Å². The van der Waals surface area contributed by atoms with Crippen LogP contribution in [0, 0.1) is 0 Å². The molecular weight excluding hydrogens is 264 g/mol. The number of nitrogens with one attached hydrogen (secondary N) is 1. The van der Waals surface area contributed by atoms with Crippen molar-refractivity contribution in [1.29, 1.82) is 0 Å². The number of nitrogens with zero attached hydrogens (tertiary/aromatic N) is 6. The zero-order valence-electron chi connectivity index (χ0n) is 10.8. The first-order chi connectivity index (χ1) is 9.22. The SMILES string of the molecule is CCC(CSC)Nc1nc(N)nc(-n2cncn2)n1. The second-order valence-corrected chi connectivity index (χ2v) is 4.77. The number of nitrogens with two attached hydrogens (primary N) is 1. The molecular formula is C10H16N8S. The Morgan fingerprint density at radius 1 is 1.42 bits per heavy atom. The standard InChI is InChI=1S/C10H16N8S/c1-3-7(4-19-2)14-9-15-8(11)16-10(17-9)18-6-12-5-13-18/h5-7H,3-4H2,1-2H3,(H3,11,14,15,16,17). The lowest BCUT2D eigenvalue weighted by Gasteiger charge is -2.15. The predicted octanol–water partition coefficient (Wildman–Crippen LogP) is 0.588. The molecule has 1 unspecified atom stereocenters. The Hall–Kier alpha value is -1.90. The fraction of sp³-hybridized carbons (Fsp3) is 0.500. The van der Waals surface area contributed by atoms with Crippen LogP contribution in [-0.2, 0) is 0 Å². The normalized spacial score (nSPS) is 12.3. The third-order valence-electron chi connectivity index (χ3n) is 2.46. The molecule has 102 valence electrons. The van der Waals surface area contributed by atoms with E-state index < -0.39 is 0 Å². The molecule has 0 bridgehead atoms. The molecule has 0 radical (unpaired) electrons. The van der Waals surface area contributed by atoms with Crippen LogP contribution in [0.2, 0.25) is 0 Å². The second kappa shape index (κ2) is 6.32. The van der Waals surface area contributed by atoms with Crippen LogP contribution in [-0.4, -0.2) is 47.8 Å². The van der Waals surface area contributed by atoms with Crippen LogP contribution in [0.4, 0.5) is 11.9 Å². The first-order valence-electron chi connectivity index (χ1n) is 5.85. The van der Waals surface area contributed by atoms with E-state index >= 15 is 0 Å². The van der Waals surface area contributed by atoms with Gasteiger partial charge in [-0.25, -0.2) is 4.98 Å². The minimum Gasteiger partial charge on any atom is -0.368 e. The molecule has 9 heteroatoms. The lowest BCUT2D eigenvalue weighted by atomic mass is 10.3. The molecule has 3 N–H and O–H groups in total. The molecule has 0 saturated heterocycles. The number of anilines is 2. The van der Waals surface area contributed by atoms with E-state index in [4.69, 9.17) is 5.73 Å². The van der Waals surface area contributed by atoms with Crippen molar-refractivity contribution in [2.45, 2.75) is 19.4 Å². The number of nitrogen functional groups attached to an aromatic ring is 1. The number of aromatic nitrogens is 6. The third-order valence-corrected chi connectivity index (χ3v) is 3.19. The van der Waals surface area contributed by atoms with Gasteiger partial charge in [0.05, 0.1) is 0 Å². The van der Waals surface area contributed by atoms with Crippen molar-refractivity contribution >= 4 is 23.7 Å². The molecule has 0 amide bonds. The van der Waals surface area contributed by atoms with Crippen LogP contribution in [0.5, 0.6) is 0 Å². The molecule has 0 aliphatic rings. The van der Waals surface area contributed by atoms with Gasteiger partial charge in [0.2, 0.25) is 11.9 Å². The third kappa shape index (κ3) is 3.53. The van der Waals surface area contributed by atoms with Gasteiger partial charge < -0.3 is 11.1 Å². The number of thioether (sulfide) groups is 1. The van der Waals surface area contributed by atoms with Gasteiger partial charge in [-0.2, -0.15) is 36.5 Å². The summed E-state index contributed by atoms with van der Waals surface area (Å²) >= 11 is 1.77. The van der Waals surface area contributed by atoms with E-state index in [1.807, 2.05) is 0 Å². The van der Waals surface area contributed by atoms with Crippen LogP contribution < -0.4 is 11.1 Å². The molecule has 0 aromatic carbocycles. The molecule has 0 aliphatic heterocycles. The monoisotopic (exact) mass is 280 g/mol. The Labute approximate surface area is 115 Å². The van der Waals surface area contributed by atoms with Crippen LogP contribution in [0.3, 0.4) is 0 Å². The van der Waals surface area contributed by atoms with Crippen molar-refractivity contribution in [2.75, 3.05) is 23.1 Å². The van der Waals surface area contributed by atoms with Crippen molar-refractivity contribution in [3.63, 3.8) is 0 Å². The average molecular weight is 280 g/mol. The molecule has 2 aromatic rings. The highest BCUT2D eigenvalue weighted by atomic mass is 32.2. The zero-order valence-corrected chi connectivity index (χ0v) is 11.6. The predicted molar refractivity (Wildman–Crippen MR) is 75.2 cm³/mol. The van der Waals surface area contributed by atoms with Gasteiger partial charge in [0.15, 0.2) is 0 Å². The summed E-state index contributed by atoms with van der Waals surface area (Å²) in [6.45, 7) is 2.11. The van der Waals surface area contributed by atoms with Gasteiger partial charge in [0, 0.05) is 11.8 Å². The summed E-state index contributed by atoms with van der Waals surface area (Å²) in [5.41, 5.74) is 5.69. The summed E-state index contributed by atoms with van der Waals surface area (Å²) in [6.07, 6.45) is 5.96. The van der Waals surface area contributed by atoms with E-state index in [0.29, 0.717) is 17.9 Å². The number of hydrogen-bond donors (Lipinski definition) is 2. The summed E-state index contributed by atoms with van der Waals surface area (Å²) in [4.78, 5) is 16.2. The maximum absolute atomic E-state index is 5.69. The van der Waals surface area contributed by atoms with Gasteiger partial charge in [-0.1, -0.05) is 6.92 Å². The number of hydrogen-bond acceptors (Lipinski definition) is 8. The largest absolute Gasteiger partial charge is 0.368 e. The van der Waals surface area contributed by atoms with Gasteiger partial charge in [0.1, 0.15) is 12.7 Å². The first kappa shape index (κ1) is 13.5. The van der Waals surface area contributed by atoms with E-state index in [2.05, 4.69) is 43.5 Å². The van der Waals surface area contributed by atoms with E-state index in [9.17, 15) is 0 Å². The molecule has 0 fully saturated rings. The van der Waals surface area contributed by atoms with E-state index in [-0.39, 0.29) is 5.95 Å². The van der Waals surface area contributed by atoms with Gasteiger partial charge in [-0.3, -0.25) is 0 Å². The maximum Gasteiger partial charge on any atom is 0.258 e. The van der Waals surface area contributed by atoms with Crippen molar-refractivity contribution < 1.29 is 0 Å². The summed E-state index contributed by atoms with van der Waals surface area (Å²) in [6, 6.07) is 0.292. The van der Waals surface area contributed by atoms with Crippen LogP contribution in [0.15, 0.2) is 12.7 Å². The summed E-state index contributed by atoms with van der Waals surface area (Å²) in [5, 5.41) is 7.22. The van der Waals surface area contributed by atoms with Crippen molar-refractivity contribution in [1.82, 2.24) is 29.7 Å². The molecule has 1 atom stereocenters. The van der Waals surface area contributed by atoms with E-state index in [0.717, 1.165) is 12.2 Å². The fourth-order valence-corrected chi connectivity index (χ4v) is 2.23. The average Bonchev–Trinajstić information content (AvgIpc) is 2.91. The minimum absolute atomic E-state index is 0.155. The highest BCUT2D eigenvalue weighted by Gasteiger charge is 2.11. The molecule has 2 aromatic heterocycles. The van der Waals surface area contributed by atoms with Crippen molar-refractivity contribution in [2.24, 2.45) is 0 Å². The smallest absolute Gasteiger partial charge is 0.258 e. The summed E-state index contributed by atoms with van der Waals surface area (Å²) < 4.78 is 1.44. The lowest BCUT2D eigenvalue weighted by molar-refractivity contribution is 0.749. The van der Waals surface area contributed by atoms with E-state index in [1.54, 1.807) is 11.8 Å². The molecule has 0 spiro atoms. The Morgan fingerprint density at radius 3 is 2.89 bits per heavy atom. The fourth-order valence-electron chi connectivity index (χ4n) is 1.50. The van der Waals surface area contributed by atoms with Crippen molar-refractivity contribution in [3.05, 3.63) is 12.7 Å². The molecule has 19 heavy (non-hydrogen) atoms. The topological polar surface area (TPSA) is 107 Å². The van der Waals surface area contributed by atoms with Crippen LogP contribution in [0.25, 0.3) is 5.95 Å². The second-order valence-electron chi connectivity index (χ2n) is 3.86. The highest BCUT2D eigenvalue weighted by molar-refractivity contribution is 7.98. The summed E-state index contributed by atoms with van der Waals surface area (Å²) in [5.74, 6) is 1.94. The van der Waals surface area contributed by atoms with Crippen LogP contribution >= 0.6 is 11.8 Å². The van der Waals surface area contributed by atoms with Gasteiger partial charge in [-0.15, -0.1) is 0 Å². The Kier molecular flexibility index (Phi) is 4.50. The Balaban J connectivity index is 2.21. The molecule has 0 saturated carbocycles. The number of rotatable bonds is 6.